The Bertz CT molecular complexity index is 1150. The summed E-state index contributed by atoms with van der Waals surface area (Å²) in [5.41, 5.74) is 4.26. The molecule has 0 saturated carbocycles. The summed E-state index contributed by atoms with van der Waals surface area (Å²) >= 11 is 0. The minimum atomic E-state index is -1.22. The molecule has 2 aromatic carbocycles. The lowest BCUT2D eigenvalue weighted by Gasteiger charge is -2.17. The van der Waals surface area contributed by atoms with Crippen LogP contribution in [0, 0.1) is 0 Å². The highest BCUT2D eigenvalue weighted by Gasteiger charge is 2.33. The van der Waals surface area contributed by atoms with Gasteiger partial charge in [-0.2, -0.15) is 0 Å². The van der Waals surface area contributed by atoms with Crippen LogP contribution in [0.5, 0.6) is 0 Å². The number of nitrogens with zero attached hydrogens (tertiary/aromatic N) is 1. The van der Waals surface area contributed by atoms with Gasteiger partial charge in [0.05, 0.1) is 6.61 Å². The monoisotopic (exact) mass is 510 g/mol. The van der Waals surface area contributed by atoms with Crippen LogP contribution in [0.4, 0.5) is 9.59 Å². The van der Waals surface area contributed by atoms with Crippen LogP contribution in [-0.2, 0) is 28.7 Å². The van der Waals surface area contributed by atoms with E-state index < -0.39 is 36.1 Å². The zero-order chi connectivity index (χ0) is 26.4. The van der Waals surface area contributed by atoms with Crippen LogP contribution in [0.3, 0.4) is 0 Å². The summed E-state index contributed by atoms with van der Waals surface area (Å²) in [7, 11) is 0. The number of carboxylic acids is 1. The first kappa shape index (κ1) is 25.7. The summed E-state index contributed by atoms with van der Waals surface area (Å²) in [6.45, 7) is -0.0590. The molecule has 0 aromatic heterocycles. The maximum atomic E-state index is 12.4. The molecule has 2 aromatic rings. The highest BCUT2D eigenvalue weighted by molar-refractivity contribution is 6.01. The van der Waals surface area contributed by atoms with E-state index in [1.165, 1.54) is 0 Å². The quantitative estimate of drug-likeness (QED) is 0.279. The van der Waals surface area contributed by atoms with Crippen LogP contribution >= 0.6 is 0 Å². The van der Waals surface area contributed by atoms with E-state index >= 15 is 0 Å². The third kappa shape index (κ3) is 6.05. The van der Waals surface area contributed by atoms with Crippen LogP contribution < -0.4 is 5.32 Å². The molecule has 4 rings (SSSR count). The van der Waals surface area contributed by atoms with Gasteiger partial charge in [-0.15, -0.1) is 0 Å². The molecule has 0 spiro atoms. The smallest absolute Gasteiger partial charge is 0.480 e. The van der Waals surface area contributed by atoms with Gasteiger partial charge in [-0.1, -0.05) is 53.6 Å². The third-order valence-electron chi connectivity index (χ3n) is 6.21. The summed E-state index contributed by atoms with van der Waals surface area (Å²) in [4.78, 5) is 63.0. The second-order valence-corrected chi connectivity index (χ2v) is 8.63. The molecule has 194 valence electrons. The number of carboxylic acid groups (broad SMARTS) is 1. The predicted octanol–water partition coefficient (Wildman–Crippen LogP) is 3.37. The van der Waals surface area contributed by atoms with Gasteiger partial charge in [-0.25, -0.2) is 14.4 Å². The first-order valence-corrected chi connectivity index (χ1v) is 11.9. The number of carbonyl (C=O) groups is 5. The summed E-state index contributed by atoms with van der Waals surface area (Å²) in [6.07, 6.45) is -1.45. The van der Waals surface area contributed by atoms with Crippen LogP contribution in [0.15, 0.2) is 48.5 Å². The molecule has 1 saturated heterocycles. The molecular weight excluding hydrogens is 484 g/mol. The summed E-state index contributed by atoms with van der Waals surface area (Å²) in [6, 6.07) is 14.6. The fourth-order valence-corrected chi connectivity index (χ4v) is 4.40. The van der Waals surface area contributed by atoms with Crippen molar-refractivity contribution in [3.8, 4) is 11.1 Å². The molecule has 0 bridgehead atoms. The molecule has 1 atom stereocenters. The molecule has 11 nitrogen and oxygen atoms in total. The second kappa shape index (κ2) is 11.5. The number of nitrogens with one attached hydrogen (secondary N) is 1. The Labute approximate surface area is 212 Å². The Morgan fingerprint density at radius 2 is 1.51 bits per heavy atom. The molecule has 2 N–H and O–H groups in total. The van der Waals surface area contributed by atoms with Crippen molar-refractivity contribution in [2.45, 2.75) is 44.1 Å². The molecule has 11 heteroatoms. The van der Waals surface area contributed by atoms with E-state index in [1.54, 1.807) is 0 Å². The SMILES string of the molecule is O=C(N[C@H](CCCCOC(=O)ON1C(=O)CCC1=O)C(=O)O)OCC1c2ccccc2-c2ccccc21. The van der Waals surface area contributed by atoms with Crippen molar-refractivity contribution in [2.24, 2.45) is 0 Å². The van der Waals surface area contributed by atoms with E-state index in [4.69, 9.17) is 9.47 Å². The average molecular weight is 510 g/mol. The van der Waals surface area contributed by atoms with Gasteiger partial charge in [-0.05, 0) is 41.5 Å². The number of imide groups is 1. The lowest BCUT2D eigenvalue weighted by Crippen LogP contribution is -2.41. The highest BCUT2D eigenvalue weighted by Crippen LogP contribution is 2.44. The number of carbonyl (C=O) groups excluding carboxylic acids is 4. The van der Waals surface area contributed by atoms with Crippen LogP contribution in [0.25, 0.3) is 11.1 Å². The van der Waals surface area contributed by atoms with Crippen LogP contribution in [0.2, 0.25) is 0 Å². The molecule has 0 radical (unpaired) electrons. The normalized spacial score (nSPS) is 15.1. The minimum Gasteiger partial charge on any atom is -0.480 e. The van der Waals surface area contributed by atoms with Crippen molar-refractivity contribution in [3.05, 3.63) is 59.7 Å². The largest absolute Gasteiger partial charge is 0.533 e. The van der Waals surface area contributed by atoms with Gasteiger partial charge >= 0.3 is 18.2 Å². The van der Waals surface area contributed by atoms with Gasteiger partial charge in [0.1, 0.15) is 12.6 Å². The predicted molar refractivity (Wildman–Crippen MR) is 127 cm³/mol. The number of aliphatic carboxylic acids is 1. The number of benzene rings is 2. The molecule has 3 amide bonds. The summed E-state index contributed by atoms with van der Waals surface area (Å²) < 4.78 is 10.2. The lowest BCUT2D eigenvalue weighted by atomic mass is 9.98. The van der Waals surface area contributed by atoms with E-state index in [2.05, 4.69) is 10.2 Å². The van der Waals surface area contributed by atoms with E-state index in [1.807, 2.05) is 48.5 Å². The van der Waals surface area contributed by atoms with E-state index in [0.29, 0.717) is 11.5 Å². The van der Waals surface area contributed by atoms with Gasteiger partial charge in [-0.3, -0.25) is 14.4 Å². The Morgan fingerprint density at radius 1 is 0.919 bits per heavy atom. The summed E-state index contributed by atoms with van der Waals surface area (Å²) in [5.74, 6) is -2.61. The third-order valence-corrected chi connectivity index (χ3v) is 6.21. The van der Waals surface area contributed by atoms with Crippen molar-refractivity contribution in [2.75, 3.05) is 13.2 Å². The van der Waals surface area contributed by atoms with Gasteiger partial charge in [0.25, 0.3) is 11.8 Å². The maximum Gasteiger partial charge on any atom is 0.533 e. The minimum absolute atomic E-state index is 0.0284. The van der Waals surface area contributed by atoms with Crippen molar-refractivity contribution >= 4 is 30.0 Å². The van der Waals surface area contributed by atoms with Crippen molar-refractivity contribution in [3.63, 3.8) is 0 Å². The van der Waals surface area contributed by atoms with Crippen molar-refractivity contribution in [1.82, 2.24) is 10.4 Å². The standard InChI is InChI=1S/C26H26N2O9/c29-22-12-13-23(30)28(22)37-26(34)35-14-6-5-11-21(24(31)32)27-25(33)36-15-20-18-9-3-1-7-16(18)17-8-2-4-10-19(17)20/h1-4,7-10,20-21H,5-6,11-15H2,(H,27,33)(H,31,32)/t21-/m1/s1. The van der Waals surface area contributed by atoms with Crippen molar-refractivity contribution in [1.29, 1.82) is 0 Å². The number of hydrogen-bond donors (Lipinski definition) is 2. The topological polar surface area (TPSA) is 149 Å². The Morgan fingerprint density at radius 3 is 2.11 bits per heavy atom. The van der Waals surface area contributed by atoms with E-state index in [-0.39, 0.29) is 44.8 Å². The van der Waals surface area contributed by atoms with Gasteiger partial charge < -0.3 is 19.9 Å². The van der Waals surface area contributed by atoms with Gasteiger partial charge in [0.15, 0.2) is 0 Å². The fourth-order valence-electron chi connectivity index (χ4n) is 4.40. The fraction of sp³-hybridized carbons (Fsp3) is 0.346. The van der Waals surface area contributed by atoms with Crippen molar-refractivity contribution < 1.29 is 43.4 Å². The molecule has 2 aliphatic rings. The zero-order valence-corrected chi connectivity index (χ0v) is 19.9. The number of fused-ring (bicyclic) bond motifs is 3. The number of unbranched alkanes of at least 4 members (excludes halogenated alkanes) is 1. The number of amides is 3. The first-order valence-electron chi connectivity index (χ1n) is 11.9. The lowest BCUT2D eigenvalue weighted by molar-refractivity contribution is -0.177. The molecule has 1 fully saturated rings. The number of alkyl carbamates (subject to hydrolysis) is 1. The molecule has 1 aliphatic heterocycles. The second-order valence-electron chi connectivity index (χ2n) is 8.63. The van der Waals surface area contributed by atoms with E-state index in [0.717, 1.165) is 22.3 Å². The first-order chi connectivity index (χ1) is 17.8. The maximum absolute atomic E-state index is 12.4. The van der Waals surface area contributed by atoms with Crippen LogP contribution in [-0.4, -0.2) is 59.5 Å². The zero-order valence-electron chi connectivity index (χ0n) is 19.9. The highest BCUT2D eigenvalue weighted by atomic mass is 16.8. The number of hydrogen-bond acceptors (Lipinski definition) is 8. The average Bonchev–Trinajstić information content (AvgIpc) is 3.38. The van der Waals surface area contributed by atoms with Gasteiger partial charge in [0.2, 0.25) is 0 Å². The van der Waals surface area contributed by atoms with Gasteiger partial charge in [0, 0.05) is 18.8 Å². The number of ether oxygens (including phenoxy) is 2. The summed E-state index contributed by atoms with van der Waals surface area (Å²) in [5, 5.41) is 12.2. The molecule has 1 heterocycles. The molecule has 0 unspecified atom stereocenters. The molecule has 37 heavy (non-hydrogen) atoms. The number of hydroxylamine groups is 2. The van der Waals surface area contributed by atoms with E-state index in [9.17, 15) is 29.1 Å². The molecule has 1 aliphatic carbocycles. The Balaban J connectivity index is 1.20. The Kier molecular flexibility index (Phi) is 8.02. The Hall–Kier alpha value is -4.41. The van der Waals surface area contributed by atoms with Crippen LogP contribution in [0.1, 0.15) is 49.1 Å². The number of rotatable bonds is 10. The molecular formula is C26H26N2O9.